The van der Waals surface area contributed by atoms with Gasteiger partial charge in [-0.3, -0.25) is 9.78 Å². The van der Waals surface area contributed by atoms with E-state index in [-0.39, 0.29) is 5.89 Å². The van der Waals surface area contributed by atoms with Gasteiger partial charge < -0.3 is 9.73 Å². The Hall–Kier alpha value is -3.54. The van der Waals surface area contributed by atoms with Crippen molar-refractivity contribution in [2.75, 3.05) is 5.32 Å². The molecule has 0 bridgehead atoms. The molecule has 0 radical (unpaired) electrons. The molecule has 0 aliphatic rings. The van der Waals surface area contributed by atoms with Gasteiger partial charge in [-0.2, -0.15) is 0 Å². The summed E-state index contributed by atoms with van der Waals surface area (Å²) in [4.78, 5) is 16.7. The van der Waals surface area contributed by atoms with Crippen molar-refractivity contribution in [1.82, 2.24) is 15.2 Å². The number of benzene rings is 2. The van der Waals surface area contributed by atoms with Gasteiger partial charge >= 0.3 is 11.8 Å². The highest BCUT2D eigenvalue weighted by atomic mass is 16.4. The van der Waals surface area contributed by atoms with Crippen LogP contribution in [0.5, 0.6) is 0 Å². The minimum atomic E-state index is -0.470. The number of para-hydroxylation sites is 1. The van der Waals surface area contributed by atoms with Crippen LogP contribution in [0.3, 0.4) is 0 Å². The summed E-state index contributed by atoms with van der Waals surface area (Å²) in [5.74, 6) is -0.263. The minimum absolute atomic E-state index is 0.0956. The van der Waals surface area contributed by atoms with E-state index in [1.165, 1.54) is 0 Å². The number of carbonyl (C=O) groups excluding carboxylic acids is 1. The zero-order chi connectivity index (χ0) is 16.4. The van der Waals surface area contributed by atoms with Crippen molar-refractivity contribution < 1.29 is 9.21 Å². The second-order valence-corrected chi connectivity index (χ2v) is 5.11. The summed E-state index contributed by atoms with van der Waals surface area (Å²) in [6.07, 6.45) is 1.68. The van der Waals surface area contributed by atoms with Gasteiger partial charge in [-0.05, 0) is 24.3 Å². The fraction of sp³-hybridized carbons (Fsp3) is 0. The molecule has 0 saturated carbocycles. The van der Waals surface area contributed by atoms with Crippen molar-refractivity contribution in [3.63, 3.8) is 0 Å². The van der Waals surface area contributed by atoms with E-state index in [0.29, 0.717) is 17.1 Å². The Morgan fingerprint density at radius 1 is 0.917 bits per heavy atom. The number of carbonyl (C=O) groups is 1. The standard InChI is InChI=1S/C18H12N4O2/c23-16(18-22-21-17(24-18)13-6-2-1-3-7-13)20-14-10-4-8-12-9-5-11-19-15(12)14/h1-11H,(H,20,23). The quantitative estimate of drug-likeness (QED) is 0.625. The van der Waals surface area contributed by atoms with E-state index in [0.717, 1.165) is 10.9 Å². The van der Waals surface area contributed by atoms with Gasteiger partial charge in [-0.25, -0.2) is 0 Å². The molecule has 2 heterocycles. The molecule has 0 fully saturated rings. The van der Waals surface area contributed by atoms with Crippen LogP contribution < -0.4 is 5.32 Å². The summed E-state index contributed by atoms with van der Waals surface area (Å²) in [6.45, 7) is 0. The van der Waals surface area contributed by atoms with Crippen LogP contribution in [0.4, 0.5) is 5.69 Å². The lowest BCUT2D eigenvalue weighted by molar-refractivity contribution is 0.0991. The molecule has 4 rings (SSSR count). The summed E-state index contributed by atoms with van der Waals surface area (Å²) >= 11 is 0. The highest BCUT2D eigenvalue weighted by Crippen LogP contribution is 2.22. The number of hydrogen-bond acceptors (Lipinski definition) is 5. The molecule has 2 aromatic heterocycles. The molecular formula is C18H12N4O2. The lowest BCUT2D eigenvalue weighted by Gasteiger charge is -2.05. The van der Waals surface area contributed by atoms with Gasteiger partial charge in [0.2, 0.25) is 5.89 Å². The second-order valence-electron chi connectivity index (χ2n) is 5.11. The van der Waals surface area contributed by atoms with Crippen molar-refractivity contribution in [3.05, 3.63) is 72.8 Å². The first kappa shape index (κ1) is 14.1. The van der Waals surface area contributed by atoms with Crippen molar-refractivity contribution >= 4 is 22.5 Å². The van der Waals surface area contributed by atoms with Crippen LogP contribution in [-0.2, 0) is 0 Å². The Bertz CT molecular complexity index is 1010. The summed E-state index contributed by atoms with van der Waals surface area (Å²) < 4.78 is 5.46. The average Bonchev–Trinajstić information content (AvgIpc) is 3.13. The molecule has 24 heavy (non-hydrogen) atoms. The molecule has 0 saturated heterocycles. The Balaban J connectivity index is 1.62. The SMILES string of the molecule is O=C(Nc1cccc2cccnc12)c1nnc(-c2ccccc2)o1. The van der Waals surface area contributed by atoms with Gasteiger partial charge in [0.15, 0.2) is 0 Å². The molecular weight excluding hydrogens is 304 g/mol. The monoisotopic (exact) mass is 316 g/mol. The first-order valence-corrected chi connectivity index (χ1v) is 7.35. The van der Waals surface area contributed by atoms with Crippen molar-refractivity contribution in [3.8, 4) is 11.5 Å². The van der Waals surface area contributed by atoms with Gasteiger partial charge in [0, 0.05) is 17.1 Å². The van der Waals surface area contributed by atoms with Gasteiger partial charge in [-0.15, -0.1) is 10.2 Å². The summed E-state index contributed by atoms with van der Waals surface area (Å²) in [5, 5.41) is 11.4. The smallest absolute Gasteiger partial charge is 0.313 e. The number of amides is 1. The van der Waals surface area contributed by atoms with Crippen LogP contribution >= 0.6 is 0 Å². The van der Waals surface area contributed by atoms with Crippen LogP contribution in [0.1, 0.15) is 10.7 Å². The normalized spacial score (nSPS) is 10.7. The molecule has 0 atom stereocenters. The third-order valence-corrected chi connectivity index (χ3v) is 3.52. The van der Waals surface area contributed by atoms with Crippen LogP contribution in [0.25, 0.3) is 22.4 Å². The first-order valence-electron chi connectivity index (χ1n) is 7.35. The number of fused-ring (bicyclic) bond motifs is 1. The number of hydrogen-bond donors (Lipinski definition) is 1. The van der Waals surface area contributed by atoms with E-state index >= 15 is 0 Å². The van der Waals surface area contributed by atoms with E-state index in [2.05, 4.69) is 20.5 Å². The number of rotatable bonds is 3. The summed E-state index contributed by atoms with van der Waals surface area (Å²) in [7, 11) is 0. The topological polar surface area (TPSA) is 80.9 Å². The maximum atomic E-state index is 12.4. The van der Waals surface area contributed by atoms with E-state index < -0.39 is 5.91 Å². The van der Waals surface area contributed by atoms with Crippen LogP contribution in [0.2, 0.25) is 0 Å². The number of pyridine rings is 1. The lowest BCUT2D eigenvalue weighted by Crippen LogP contribution is -2.12. The first-order chi connectivity index (χ1) is 11.8. The van der Waals surface area contributed by atoms with Crippen LogP contribution in [0.15, 0.2) is 71.3 Å². The molecule has 0 unspecified atom stereocenters. The molecule has 2 aromatic carbocycles. The van der Waals surface area contributed by atoms with Crippen molar-refractivity contribution in [2.45, 2.75) is 0 Å². The molecule has 6 nitrogen and oxygen atoms in total. The van der Waals surface area contributed by atoms with E-state index in [4.69, 9.17) is 4.42 Å². The van der Waals surface area contributed by atoms with Gasteiger partial charge in [0.25, 0.3) is 0 Å². The van der Waals surface area contributed by atoms with Gasteiger partial charge in [0.05, 0.1) is 11.2 Å². The highest BCUT2D eigenvalue weighted by Gasteiger charge is 2.17. The van der Waals surface area contributed by atoms with E-state index in [9.17, 15) is 4.79 Å². The zero-order valence-corrected chi connectivity index (χ0v) is 12.5. The maximum absolute atomic E-state index is 12.4. The minimum Gasteiger partial charge on any atom is -0.412 e. The molecule has 116 valence electrons. The third kappa shape index (κ3) is 2.61. The predicted octanol–water partition coefficient (Wildman–Crippen LogP) is 3.54. The van der Waals surface area contributed by atoms with Gasteiger partial charge in [-0.1, -0.05) is 36.4 Å². The molecule has 0 aliphatic carbocycles. The van der Waals surface area contributed by atoms with Crippen molar-refractivity contribution in [1.29, 1.82) is 0 Å². The van der Waals surface area contributed by atoms with Gasteiger partial charge in [0.1, 0.15) is 0 Å². The lowest BCUT2D eigenvalue weighted by atomic mass is 10.2. The number of nitrogens with zero attached hydrogens (tertiary/aromatic N) is 3. The Morgan fingerprint density at radius 3 is 2.62 bits per heavy atom. The molecule has 0 spiro atoms. The number of nitrogens with one attached hydrogen (secondary N) is 1. The molecule has 0 aliphatic heterocycles. The predicted molar refractivity (Wildman–Crippen MR) is 89.4 cm³/mol. The maximum Gasteiger partial charge on any atom is 0.313 e. The fourth-order valence-electron chi connectivity index (χ4n) is 2.39. The number of anilines is 1. The largest absolute Gasteiger partial charge is 0.412 e. The molecule has 1 amide bonds. The molecule has 4 aromatic rings. The molecule has 6 heteroatoms. The van der Waals surface area contributed by atoms with E-state index in [1.807, 2.05) is 54.6 Å². The summed E-state index contributed by atoms with van der Waals surface area (Å²) in [5.41, 5.74) is 2.06. The number of aromatic nitrogens is 3. The van der Waals surface area contributed by atoms with Crippen LogP contribution in [-0.4, -0.2) is 21.1 Å². The summed E-state index contributed by atoms with van der Waals surface area (Å²) in [6, 6.07) is 18.6. The van der Waals surface area contributed by atoms with E-state index in [1.54, 1.807) is 12.3 Å². The van der Waals surface area contributed by atoms with Crippen LogP contribution in [0, 0.1) is 0 Å². The fourth-order valence-corrected chi connectivity index (χ4v) is 2.39. The Labute approximate surface area is 137 Å². The Morgan fingerprint density at radius 2 is 1.75 bits per heavy atom. The van der Waals surface area contributed by atoms with Crippen molar-refractivity contribution in [2.24, 2.45) is 0 Å². The highest BCUT2D eigenvalue weighted by molar-refractivity contribution is 6.05. The second kappa shape index (κ2) is 5.92. The third-order valence-electron chi connectivity index (χ3n) is 3.52. The zero-order valence-electron chi connectivity index (χ0n) is 12.5. The molecule has 1 N–H and O–H groups in total. The Kier molecular flexibility index (Phi) is 3.47. The average molecular weight is 316 g/mol.